The number of amides is 1. The summed E-state index contributed by atoms with van der Waals surface area (Å²) in [5.74, 6) is -1.06. The minimum absolute atomic E-state index is 0.0307. The van der Waals surface area contributed by atoms with Crippen LogP contribution in [0.25, 0.3) is 4.96 Å². The molecule has 1 aliphatic heterocycles. The summed E-state index contributed by atoms with van der Waals surface area (Å²) in [6.07, 6.45) is -3.70. The number of hydrogen-bond acceptors (Lipinski definition) is 5. The molecule has 3 atom stereocenters. The maximum absolute atomic E-state index is 13.4. The molecule has 0 radical (unpaired) electrons. The fourth-order valence-corrected chi connectivity index (χ4v) is 6.88. The fraction of sp³-hybridized carbons (Fsp3) is 0.421. The third-order valence-electron chi connectivity index (χ3n) is 4.98. The van der Waals surface area contributed by atoms with E-state index in [1.54, 1.807) is 16.2 Å². The van der Waals surface area contributed by atoms with Crippen molar-refractivity contribution in [1.82, 2.24) is 19.5 Å². The summed E-state index contributed by atoms with van der Waals surface area (Å²) in [4.78, 5) is 19.2. The molecule has 0 aliphatic carbocycles. The van der Waals surface area contributed by atoms with Gasteiger partial charge < -0.3 is 0 Å². The molecule has 160 valence electrons. The van der Waals surface area contributed by atoms with Gasteiger partial charge in [-0.2, -0.15) is 0 Å². The summed E-state index contributed by atoms with van der Waals surface area (Å²) in [5, 5.41) is 4.25. The zero-order valence-corrected chi connectivity index (χ0v) is 18.5. The van der Waals surface area contributed by atoms with Gasteiger partial charge in [0.1, 0.15) is 0 Å². The van der Waals surface area contributed by atoms with Gasteiger partial charge in [0.15, 0.2) is 0 Å². The number of likely N-dealkylation sites (tertiary alicyclic amines) is 1. The van der Waals surface area contributed by atoms with Crippen molar-refractivity contribution in [3.8, 4) is 0 Å². The molecule has 1 fully saturated rings. The maximum atomic E-state index is 13.4. The number of benzene rings is 1. The van der Waals surface area contributed by atoms with Crippen molar-refractivity contribution in [2.24, 2.45) is 5.92 Å². The summed E-state index contributed by atoms with van der Waals surface area (Å²) >= 11 is 0.940. The number of methoxy groups -OCH3 is 1. The zero-order valence-electron chi connectivity index (χ0n) is 16.0. The molecule has 3 heterocycles. The van der Waals surface area contributed by atoms with Gasteiger partial charge in [-0.05, 0) is 0 Å². The summed E-state index contributed by atoms with van der Waals surface area (Å²) in [6, 6.07) is 8.71. The van der Waals surface area contributed by atoms with E-state index in [1.807, 2.05) is 30.3 Å². The van der Waals surface area contributed by atoms with Crippen molar-refractivity contribution in [3.63, 3.8) is 0 Å². The van der Waals surface area contributed by atoms with E-state index in [9.17, 15) is 18.0 Å². The number of ether oxygens (including phenoxy) is 1. The minimum atomic E-state index is -4.33. The van der Waals surface area contributed by atoms with Gasteiger partial charge in [-0.3, -0.25) is 0 Å². The molecule has 6 nitrogen and oxygen atoms in total. The molecule has 0 saturated carbocycles. The van der Waals surface area contributed by atoms with E-state index in [-0.39, 0.29) is 19.1 Å². The predicted octanol–water partition coefficient (Wildman–Crippen LogP) is 2.71. The van der Waals surface area contributed by atoms with Gasteiger partial charge in [0.2, 0.25) is 0 Å². The Balaban J connectivity index is 1.66. The number of alkyl halides is 3. The Labute approximate surface area is 181 Å². The Morgan fingerprint density at radius 2 is 2.10 bits per heavy atom. The van der Waals surface area contributed by atoms with Crippen LogP contribution in [0.1, 0.15) is 18.2 Å². The number of halogens is 3. The number of hydrogen-bond donors (Lipinski definition) is 0. The van der Waals surface area contributed by atoms with Gasteiger partial charge in [-0.1, -0.05) is 0 Å². The number of fused-ring (bicyclic) bond motifs is 1. The fourth-order valence-electron chi connectivity index (χ4n) is 3.72. The first kappa shape index (κ1) is 21.3. The van der Waals surface area contributed by atoms with Gasteiger partial charge in [0.05, 0.1) is 0 Å². The molecule has 1 saturated heterocycles. The third-order valence-corrected chi connectivity index (χ3v) is 8.58. The van der Waals surface area contributed by atoms with E-state index in [1.165, 1.54) is 23.3 Å². The second-order valence-electron chi connectivity index (χ2n) is 7.01. The molecular weight excluding hydrogens is 484 g/mol. The SMILES string of the molecule is COCC(c1cnc2scnn12)N1CC(CC(F)(F)F)C([Se]c2ccccc2)C1=O. The monoisotopic (exact) mass is 504 g/mol. The second-order valence-corrected chi connectivity index (χ2v) is 10.4. The normalized spacial score (nSPS) is 20.9. The van der Waals surface area contributed by atoms with E-state index in [0.29, 0.717) is 10.7 Å². The number of carbonyl (C=O) groups excluding carboxylic acids is 1. The molecule has 3 aromatic rings. The van der Waals surface area contributed by atoms with E-state index in [4.69, 9.17) is 4.74 Å². The topological polar surface area (TPSA) is 59.7 Å². The van der Waals surface area contributed by atoms with Crippen molar-refractivity contribution < 1.29 is 22.7 Å². The van der Waals surface area contributed by atoms with Crippen LogP contribution in [0.2, 0.25) is 4.82 Å². The van der Waals surface area contributed by atoms with Crippen LogP contribution in [-0.2, 0) is 9.53 Å². The Kier molecular flexibility index (Phi) is 6.15. The average molecular weight is 503 g/mol. The molecule has 1 aromatic carbocycles. The second kappa shape index (κ2) is 8.66. The van der Waals surface area contributed by atoms with Gasteiger partial charge in [-0.15, -0.1) is 0 Å². The number of aromatic nitrogens is 3. The quantitative estimate of drug-likeness (QED) is 0.466. The Hall–Kier alpha value is -1.94. The summed E-state index contributed by atoms with van der Waals surface area (Å²) in [7, 11) is 1.51. The molecule has 0 bridgehead atoms. The first-order chi connectivity index (χ1) is 14.4. The average Bonchev–Trinajstić information content (AvgIpc) is 3.38. The first-order valence-corrected chi connectivity index (χ1v) is 11.9. The Bertz CT molecular complexity index is 1010. The van der Waals surface area contributed by atoms with E-state index in [2.05, 4.69) is 10.1 Å². The van der Waals surface area contributed by atoms with Gasteiger partial charge >= 0.3 is 181 Å². The van der Waals surface area contributed by atoms with Crippen molar-refractivity contribution >= 4 is 41.6 Å². The van der Waals surface area contributed by atoms with Gasteiger partial charge in [0.25, 0.3) is 0 Å². The molecule has 1 amide bonds. The molecule has 11 heteroatoms. The van der Waals surface area contributed by atoms with Crippen LogP contribution in [0.15, 0.2) is 42.0 Å². The number of imidazole rings is 1. The summed E-state index contributed by atoms with van der Waals surface area (Å²) in [6.45, 7) is 0.184. The predicted molar refractivity (Wildman–Crippen MR) is 107 cm³/mol. The van der Waals surface area contributed by atoms with Gasteiger partial charge in [-0.25, -0.2) is 0 Å². The van der Waals surface area contributed by atoms with Crippen LogP contribution in [0.4, 0.5) is 13.2 Å². The zero-order chi connectivity index (χ0) is 21.3. The third kappa shape index (κ3) is 4.39. The number of rotatable bonds is 7. The molecule has 30 heavy (non-hydrogen) atoms. The van der Waals surface area contributed by atoms with E-state index < -0.39 is 44.3 Å². The van der Waals surface area contributed by atoms with Crippen LogP contribution < -0.4 is 4.46 Å². The number of carbonyl (C=O) groups is 1. The molecule has 1 aliphatic rings. The van der Waals surface area contributed by atoms with Crippen molar-refractivity contribution in [2.75, 3.05) is 20.3 Å². The van der Waals surface area contributed by atoms with Crippen molar-refractivity contribution in [2.45, 2.75) is 23.5 Å². The molecule has 2 aromatic heterocycles. The van der Waals surface area contributed by atoms with Crippen LogP contribution in [0, 0.1) is 5.92 Å². The Morgan fingerprint density at radius 3 is 2.80 bits per heavy atom. The van der Waals surface area contributed by atoms with Crippen LogP contribution >= 0.6 is 11.3 Å². The van der Waals surface area contributed by atoms with Crippen LogP contribution in [-0.4, -0.2) is 66.8 Å². The van der Waals surface area contributed by atoms with E-state index >= 15 is 0 Å². The Morgan fingerprint density at radius 1 is 1.33 bits per heavy atom. The molecule has 0 spiro atoms. The van der Waals surface area contributed by atoms with Crippen molar-refractivity contribution in [1.29, 1.82) is 0 Å². The summed E-state index contributed by atoms with van der Waals surface area (Å²) in [5.41, 5.74) is 2.27. The van der Waals surface area contributed by atoms with Gasteiger partial charge in [0, 0.05) is 0 Å². The standard InChI is InChI=1S/C19H19F3N4O2SSe/c1-28-10-15(14-8-23-18-26(14)24-11-29-18)25-9-12(7-19(20,21)22)16(17(25)27)30-13-5-3-2-4-6-13/h2-6,8,11-12,15-16H,7,9-10H2,1H3. The van der Waals surface area contributed by atoms with Crippen LogP contribution in [0.5, 0.6) is 0 Å². The molecule has 4 rings (SSSR count). The summed E-state index contributed by atoms with van der Waals surface area (Å²) < 4.78 is 47.7. The molecule has 3 unspecified atom stereocenters. The molecular formula is C19H19F3N4O2SSe. The van der Waals surface area contributed by atoms with E-state index in [0.717, 1.165) is 4.46 Å². The number of nitrogens with zero attached hydrogens (tertiary/aromatic N) is 4. The first-order valence-electron chi connectivity index (χ1n) is 9.22. The van der Waals surface area contributed by atoms with Crippen molar-refractivity contribution in [3.05, 3.63) is 47.7 Å². The van der Waals surface area contributed by atoms with Crippen LogP contribution in [0.3, 0.4) is 0 Å². The molecule has 0 N–H and O–H groups in total.